The molecule has 0 saturated heterocycles. The standard InChI is InChI=1S/C21H18BrFN4O4/c1-25-20(28)16-11-14(7-8-26-16)31-13-4-5-17(15(23)10-13)27(21(24)29)18-9-12(22)3-6-19(18)30-2/h3-11H,1-2H3,(H2,24,29)(H,25,28). The Bertz CT molecular complexity index is 1140. The van der Waals surface area contributed by atoms with Gasteiger partial charge in [0.1, 0.15) is 22.9 Å². The molecule has 160 valence electrons. The monoisotopic (exact) mass is 488 g/mol. The number of urea groups is 1. The lowest BCUT2D eigenvalue weighted by Crippen LogP contribution is -2.32. The molecule has 2 aromatic carbocycles. The topological polar surface area (TPSA) is 107 Å². The van der Waals surface area contributed by atoms with Crippen LogP contribution in [0.15, 0.2) is 59.2 Å². The molecule has 31 heavy (non-hydrogen) atoms. The number of methoxy groups -OCH3 is 1. The Morgan fingerprint density at radius 2 is 1.84 bits per heavy atom. The molecule has 0 atom stereocenters. The number of primary amides is 1. The SMILES string of the molecule is CNC(=O)c1cc(Oc2ccc(N(C(N)=O)c3cc(Br)ccc3OC)c(F)c2)ccn1. The van der Waals surface area contributed by atoms with Crippen molar-refractivity contribution in [2.45, 2.75) is 0 Å². The number of carbonyl (C=O) groups excluding carboxylic acids is 2. The normalized spacial score (nSPS) is 10.3. The number of amides is 3. The zero-order chi connectivity index (χ0) is 22.5. The third kappa shape index (κ3) is 4.92. The largest absolute Gasteiger partial charge is 0.495 e. The summed E-state index contributed by atoms with van der Waals surface area (Å²) in [6, 6.07) is 10.9. The van der Waals surface area contributed by atoms with Gasteiger partial charge in [0, 0.05) is 29.8 Å². The maximum absolute atomic E-state index is 15.0. The lowest BCUT2D eigenvalue weighted by Gasteiger charge is -2.23. The summed E-state index contributed by atoms with van der Waals surface area (Å²) < 4.78 is 26.6. The van der Waals surface area contributed by atoms with Crippen LogP contribution >= 0.6 is 15.9 Å². The lowest BCUT2D eigenvalue weighted by molar-refractivity contribution is 0.0958. The van der Waals surface area contributed by atoms with Gasteiger partial charge in [0.2, 0.25) is 0 Å². The third-order valence-corrected chi connectivity index (χ3v) is 4.68. The summed E-state index contributed by atoms with van der Waals surface area (Å²) in [5.41, 5.74) is 5.87. The van der Waals surface area contributed by atoms with Gasteiger partial charge in [0.25, 0.3) is 5.91 Å². The van der Waals surface area contributed by atoms with E-state index >= 15 is 0 Å². The molecule has 0 aliphatic heterocycles. The smallest absolute Gasteiger partial charge is 0.324 e. The highest BCUT2D eigenvalue weighted by Crippen LogP contribution is 2.38. The summed E-state index contributed by atoms with van der Waals surface area (Å²) in [7, 11) is 2.91. The van der Waals surface area contributed by atoms with Gasteiger partial charge in [-0.3, -0.25) is 14.7 Å². The molecular formula is C21H18BrFN4O4. The highest BCUT2D eigenvalue weighted by molar-refractivity contribution is 9.10. The van der Waals surface area contributed by atoms with Gasteiger partial charge < -0.3 is 20.5 Å². The van der Waals surface area contributed by atoms with Crippen LogP contribution in [0.25, 0.3) is 0 Å². The van der Waals surface area contributed by atoms with E-state index in [1.165, 1.54) is 44.6 Å². The highest BCUT2D eigenvalue weighted by atomic mass is 79.9. The number of hydrogen-bond donors (Lipinski definition) is 2. The second kappa shape index (κ2) is 9.43. The van der Waals surface area contributed by atoms with Crippen molar-refractivity contribution in [3.05, 3.63) is 70.7 Å². The van der Waals surface area contributed by atoms with Crippen LogP contribution in [0.5, 0.6) is 17.2 Å². The Balaban J connectivity index is 1.95. The van der Waals surface area contributed by atoms with E-state index in [0.29, 0.717) is 16.0 Å². The number of nitrogens with zero attached hydrogens (tertiary/aromatic N) is 2. The number of halogens is 2. The fourth-order valence-electron chi connectivity index (χ4n) is 2.80. The maximum atomic E-state index is 15.0. The first-order valence-corrected chi connectivity index (χ1v) is 9.72. The number of hydrogen-bond acceptors (Lipinski definition) is 5. The number of nitrogens with two attached hydrogens (primary N) is 1. The van der Waals surface area contributed by atoms with Gasteiger partial charge in [-0.1, -0.05) is 15.9 Å². The quantitative estimate of drug-likeness (QED) is 0.535. The average Bonchev–Trinajstić information content (AvgIpc) is 2.75. The number of benzene rings is 2. The predicted molar refractivity (Wildman–Crippen MR) is 117 cm³/mol. The van der Waals surface area contributed by atoms with Crippen LogP contribution < -0.4 is 25.4 Å². The molecule has 0 saturated carbocycles. The van der Waals surface area contributed by atoms with Crippen molar-refractivity contribution in [1.29, 1.82) is 0 Å². The van der Waals surface area contributed by atoms with Crippen molar-refractivity contribution in [2.24, 2.45) is 5.73 Å². The Morgan fingerprint density at radius 3 is 2.48 bits per heavy atom. The molecule has 3 N–H and O–H groups in total. The molecule has 0 unspecified atom stereocenters. The van der Waals surface area contributed by atoms with Gasteiger partial charge in [-0.2, -0.15) is 0 Å². The molecule has 0 aliphatic carbocycles. The zero-order valence-electron chi connectivity index (χ0n) is 16.6. The number of pyridine rings is 1. The maximum Gasteiger partial charge on any atom is 0.324 e. The second-order valence-corrected chi connectivity index (χ2v) is 7.08. The predicted octanol–water partition coefficient (Wildman–Crippen LogP) is 4.36. The first-order chi connectivity index (χ1) is 14.8. The van der Waals surface area contributed by atoms with Gasteiger partial charge in [0.15, 0.2) is 5.82 Å². The van der Waals surface area contributed by atoms with E-state index in [2.05, 4.69) is 26.2 Å². The van der Waals surface area contributed by atoms with Crippen LogP contribution in [0.2, 0.25) is 0 Å². The van der Waals surface area contributed by atoms with E-state index in [1.807, 2.05) is 0 Å². The van der Waals surface area contributed by atoms with Gasteiger partial charge in [-0.25, -0.2) is 9.18 Å². The van der Waals surface area contributed by atoms with Crippen LogP contribution in [-0.2, 0) is 0 Å². The molecule has 3 rings (SSSR count). The van der Waals surface area contributed by atoms with E-state index in [9.17, 15) is 14.0 Å². The summed E-state index contributed by atoms with van der Waals surface area (Å²) in [5.74, 6) is -0.353. The number of rotatable bonds is 6. The summed E-state index contributed by atoms with van der Waals surface area (Å²) in [5, 5.41) is 2.46. The molecule has 1 aromatic heterocycles. The Labute approximate surface area is 185 Å². The molecule has 10 heteroatoms. The third-order valence-electron chi connectivity index (χ3n) is 4.19. The molecule has 0 fully saturated rings. The van der Waals surface area contributed by atoms with Crippen molar-refractivity contribution >= 4 is 39.2 Å². The molecule has 0 aliphatic rings. The number of carbonyl (C=O) groups is 2. The highest BCUT2D eigenvalue weighted by Gasteiger charge is 2.23. The first-order valence-electron chi connectivity index (χ1n) is 8.92. The van der Waals surface area contributed by atoms with Crippen LogP contribution in [0.3, 0.4) is 0 Å². The molecular weight excluding hydrogens is 471 g/mol. The fourth-order valence-corrected chi connectivity index (χ4v) is 3.15. The van der Waals surface area contributed by atoms with Gasteiger partial charge in [-0.15, -0.1) is 0 Å². The average molecular weight is 489 g/mol. The molecule has 0 radical (unpaired) electrons. The second-order valence-electron chi connectivity index (χ2n) is 6.16. The summed E-state index contributed by atoms with van der Waals surface area (Å²) in [6.07, 6.45) is 1.40. The molecule has 0 spiro atoms. The number of ether oxygens (including phenoxy) is 2. The van der Waals surface area contributed by atoms with Crippen LogP contribution in [0.1, 0.15) is 10.5 Å². The van der Waals surface area contributed by atoms with Gasteiger partial charge in [-0.05, 0) is 36.4 Å². The van der Waals surface area contributed by atoms with Crippen LogP contribution in [-0.4, -0.2) is 31.1 Å². The fraction of sp³-hybridized carbons (Fsp3) is 0.0952. The molecule has 1 heterocycles. The van der Waals surface area contributed by atoms with Crippen molar-refractivity contribution in [1.82, 2.24) is 10.3 Å². The van der Waals surface area contributed by atoms with Crippen molar-refractivity contribution in [2.75, 3.05) is 19.1 Å². The van der Waals surface area contributed by atoms with E-state index < -0.39 is 11.8 Å². The Hall–Kier alpha value is -3.66. The minimum absolute atomic E-state index is 0.0861. The first kappa shape index (κ1) is 22.0. The van der Waals surface area contributed by atoms with Gasteiger partial charge in [0.05, 0.1) is 18.5 Å². The van der Waals surface area contributed by atoms with Crippen LogP contribution in [0.4, 0.5) is 20.6 Å². The van der Waals surface area contributed by atoms with Gasteiger partial charge >= 0.3 is 6.03 Å². The zero-order valence-corrected chi connectivity index (χ0v) is 18.1. The Morgan fingerprint density at radius 1 is 1.10 bits per heavy atom. The number of nitrogens with one attached hydrogen (secondary N) is 1. The molecule has 0 bridgehead atoms. The minimum atomic E-state index is -0.895. The van der Waals surface area contributed by atoms with E-state index in [0.717, 1.165) is 11.0 Å². The van der Waals surface area contributed by atoms with E-state index in [1.54, 1.807) is 18.2 Å². The minimum Gasteiger partial charge on any atom is -0.495 e. The number of anilines is 2. The lowest BCUT2D eigenvalue weighted by atomic mass is 10.2. The van der Waals surface area contributed by atoms with E-state index in [4.69, 9.17) is 15.2 Å². The summed E-state index contributed by atoms with van der Waals surface area (Å²) in [6.45, 7) is 0. The summed E-state index contributed by atoms with van der Waals surface area (Å²) >= 11 is 3.32. The summed E-state index contributed by atoms with van der Waals surface area (Å²) in [4.78, 5) is 28.8. The Kier molecular flexibility index (Phi) is 6.71. The van der Waals surface area contributed by atoms with Crippen LogP contribution in [0, 0.1) is 5.82 Å². The van der Waals surface area contributed by atoms with Crippen molar-refractivity contribution in [3.8, 4) is 17.2 Å². The van der Waals surface area contributed by atoms with Crippen molar-refractivity contribution in [3.63, 3.8) is 0 Å². The molecule has 8 nitrogen and oxygen atoms in total. The van der Waals surface area contributed by atoms with Crippen molar-refractivity contribution < 1.29 is 23.5 Å². The molecule has 3 amide bonds. The molecule has 3 aromatic rings. The van der Waals surface area contributed by atoms with E-state index in [-0.39, 0.29) is 28.7 Å². The number of aromatic nitrogens is 1.